The van der Waals surface area contributed by atoms with Gasteiger partial charge in [0, 0.05) is 24.1 Å². The molecule has 2 aromatic rings. The van der Waals surface area contributed by atoms with Gasteiger partial charge in [-0.1, -0.05) is 0 Å². The fraction of sp³-hybridized carbons (Fsp3) is 0.118. The molecule has 2 aromatic carbocycles. The Morgan fingerprint density at radius 2 is 1.46 bits per heavy atom. The number of imide groups is 1. The first-order valence-corrected chi connectivity index (χ1v) is 9.15. The highest BCUT2D eigenvalue weighted by atomic mass is 32.2. The maximum absolute atomic E-state index is 12.4. The van der Waals surface area contributed by atoms with Crippen molar-refractivity contribution >= 4 is 39.1 Å². The topological polar surface area (TPSA) is 127 Å². The third-order valence-electron chi connectivity index (χ3n) is 3.88. The molecule has 1 fully saturated rings. The summed E-state index contributed by atoms with van der Waals surface area (Å²) in [5.41, 5.74) is 6.00. The summed E-state index contributed by atoms with van der Waals surface area (Å²) in [6.45, 7) is 0. The summed E-state index contributed by atoms with van der Waals surface area (Å²) in [6.07, 6.45) is 0.309. The summed E-state index contributed by atoms with van der Waals surface area (Å²) in [5.74, 6) is -1.22. The van der Waals surface area contributed by atoms with Crippen molar-refractivity contribution in [1.29, 1.82) is 0 Å². The quantitative estimate of drug-likeness (QED) is 0.763. The molecule has 3 rings (SSSR count). The molecule has 0 saturated carbocycles. The molecule has 1 saturated heterocycles. The van der Waals surface area contributed by atoms with Crippen LogP contribution in [0.1, 0.15) is 23.2 Å². The van der Waals surface area contributed by atoms with Crippen LogP contribution in [0.25, 0.3) is 0 Å². The molecule has 0 unspecified atom stereocenters. The highest BCUT2D eigenvalue weighted by Crippen LogP contribution is 2.25. The Balaban J connectivity index is 1.80. The molecule has 0 aromatic heterocycles. The summed E-state index contributed by atoms with van der Waals surface area (Å²) >= 11 is 0. The number of amides is 3. The van der Waals surface area contributed by atoms with Crippen LogP contribution in [0.15, 0.2) is 53.4 Å². The lowest BCUT2D eigenvalue weighted by atomic mass is 10.2. The molecule has 1 heterocycles. The zero-order valence-corrected chi connectivity index (χ0v) is 14.3. The minimum absolute atomic E-state index is 0.0284. The SMILES string of the molecule is NC(=O)c1ccc(NS(=O)(=O)c2ccc(N3C(=O)CCC3=O)cc2)cc1. The predicted octanol–water partition coefficient (Wildman–Crippen LogP) is 1.24. The maximum Gasteiger partial charge on any atom is 0.261 e. The molecule has 0 atom stereocenters. The zero-order chi connectivity index (χ0) is 18.9. The van der Waals surface area contributed by atoms with Gasteiger partial charge in [0.05, 0.1) is 10.6 Å². The van der Waals surface area contributed by atoms with Crippen LogP contribution in [-0.2, 0) is 19.6 Å². The summed E-state index contributed by atoms with van der Waals surface area (Å²) in [5, 5.41) is 0. The molecular weight excluding hydrogens is 358 g/mol. The lowest BCUT2D eigenvalue weighted by Crippen LogP contribution is -2.28. The Morgan fingerprint density at radius 1 is 0.923 bits per heavy atom. The van der Waals surface area contributed by atoms with Gasteiger partial charge in [0.2, 0.25) is 17.7 Å². The van der Waals surface area contributed by atoms with Crippen LogP contribution in [0.3, 0.4) is 0 Å². The van der Waals surface area contributed by atoms with E-state index >= 15 is 0 Å². The van der Waals surface area contributed by atoms with Gasteiger partial charge in [-0.15, -0.1) is 0 Å². The number of sulfonamides is 1. The summed E-state index contributed by atoms with van der Waals surface area (Å²) in [4.78, 5) is 35.5. The number of nitrogens with zero attached hydrogens (tertiary/aromatic N) is 1. The maximum atomic E-state index is 12.4. The van der Waals surface area contributed by atoms with Crippen LogP contribution < -0.4 is 15.4 Å². The number of hydrogen-bond donors (Lipinski definition) is 2. The number of nitrogens with one attached hydrogen (secondary N) is 1. The number of hydrogen-bond acceptors (Lipinski definition) is 5. The molecule has 0 spiro atoms. The van der Waals surface area contributed by atoms with E-state index in [0.717, 1.165) is 4.90 Å². The van der Waals surface area contributed by atoms with Gasteiger partial charge in [0.15, 0.2) is 0 Å². The fourth-order valence-electron chi connectivity index (χ4n) is 2.56. The van der Waals surface area contributed by atoms with Crippen molar-refractivity contribution in [3.63, 3.8) is 0 Å². The highest BCUT2D eigenvalue weighted by molar-refractivity contribution is 7.92. The molecule has 8 nitrogen and oxygen atoms in total. The van der Waals surface area contributed by atoms with Crippen LogP contribution in [0.2, 0.25) is 0 Å². The van der Waals surface area contributed by atoms with Crippen molar-refractivity contribution in [1.82, 2.24) is 0 Å². The number of nitrogens with two attached hydrogens (primary N) is 1. The van der Waals surface area contributed by atoms with E-state index in [9.17, 15) is 22.8 Å². The predicted molar refractivity (Wildman–Crippen MR) is 93.9 cm³/mol. The molecule has 0 aliphatic carbocycles. The Hall–Kier alpha value is -3.20. The van der Waals surface area contributed by atoms with Gasteiger partial charge >= 0.3 is 0 Å². The molecule has 3 N–H and O–H groups in total. The highest BCUT2D eigenvalue weighted by Gasteiger charge is 2.30. The first-order chi connectivity index (χ1) is 12.3. The minimum Gasteiger partial charge on any atom is -0.366 e. The van der Waals surface area contributed by atoms with Gasteiger partial charge in [0.25, 0.3) is 10.0 Å². The Labute approximate surface area is 149 Å². The van der Waals surface area contributed by atoms with Crippen molar-refractivity contribution in [2.75, 3.05) is 9.62 Å². The number of carbonyl (C=O) groups excluding carboxylic acids is 3. The molecular formula is C17H15N3O5S. The van der Waals surface area contributed by atoms with E-state index in [1.165, 1.54) is 48.5 Å². The molecule has 9 heteroatoms. The van der Waals surface area contributed by atoms with Crippen molar-refractivity contribution in [3.05, 3.63) is 54.1 Å². The summed E-state index contributed by atoms with van der Waals surface area (Å²) in [7, 11) is -3.87. The van der Waals surface area contributed by atoms with Crippen LogP contribution in [0.5, 0.6) is 0 Å². The number of benzene rings is 2. The second-order valence-electron chi connectivity index (χ2n) is 5.66. The van der Waals surface area contributed by atoms with Gasteiger partial charge in [-0.3, -0.25) is 24.0 Å². The van der Waals surface area contributed by atoms with E-state index in [4.69, 9.17) is 5.73 Å². The molecule has 1 aliphatic rings. The van der Waals surface area contributed by atoms with Crippen LogP contribution >= 0.6 is 0 Å². The Bertz CT molecular complexity index is 966. The number of carbonyl (C=O) groups is 3. The van der Waals surface area contributed by atoms with Crippen LogP contribution in [0.4, 0.5) is 11.4 Å². The van der Waals surface area contributed by atoms with Gasteiger partial charge < -0.3 is 5.73 Å². The second-order valence-corrected chi connectivity index (χ2v) is 7.35. The molecule has 26 heavy (non-hydrogen) atoms. The van der Waals surface area contributed by atoms with Crippen LogP contribution in [-0.4, -0.2) is 26.1 Å². The average molecular weight is 373 g/mol. The monoisotopic (exact) mass is 373 g/mol. The van der Waals surface area contributed by atoms with E-state index in [2.05, 4.69) is 4.72 Å². The molecule has 3 amide bonds. The summed E-state index contributed by atoms with van der Waals surface area (Å²) in [6, 6.07) is 11.1. The van der Waals surface area contributed by atoms with Crippen molar-refractivity contribution in [2.24, 2.45) is 5.73 Å². The molecule has 1 aliphatic heterocycles. The van der Waals surface area contributed by atoms with Gasteiger partial charge in [-0.05, 0) is 48.5 Å². The smallest absolute Gasteiger partial charge is 0.261 e. The van der Waals surface area contributed by atoms with E-state index in [0.29, 0.717) is 5.69 Å². The second kappa shape index (κ2) is 6.60. The number of rotatable bonds is 5. The van der Waals surface area contributed by atoms with Gasteiger partial charge in [0.1, 0.15) is 0 Å². The summed E-state index contributed by atoms with van der Waals surface area (Å²) < 4.78 is 27.2. The largest absolute Gasteiger partial charge is 0.366 e. The molecule has 134 valence electrons. The third-order valence-corrected chi connectivity index (χ3v) is 5.28. The first kappa shape index (κ1) is 17.6. The zero-order valence-electron chi connectivity index (χ0n) is 13.5. The van der Waals surface area contributed by atoms with Crippen molar-refractivity contribution < 1.29 is 22.8 Å². The standard InChI is InChI=1S/C17H15N3O5S/c18-17(23)11-1-3-12(4-2-11)19-26(24,25)14-7-5-13(6-8-14)20-15(21)9-10-16(20)22/h1-8,19H,9-10H2,(H2,18,23). The third kappa shape index (κ3) is 3.42. The fourth-order valence-corrected chi connectivity index (χ4v) is 3.61. The van der Waals surface area contributed by atoms with Gasteiger partial charge in [-0.25, -0.2) is 8.42 Å². The Kier molecular flexibility index (Phi) is 4.47. The van der Waals surface area contributed by atoms with Crippen molar-refractivity contribution in [2.45, 2.75) is 17.7 Å². The van der Waals surface area contributed by atoms with E-state index in [-0.39, 0.29) is 40.8 Å². The normalized spacial score (nSPS) is 14.5. The molecule has 0 bridgehead atoms. The average Bonchev–Trinajstić information content (AvgIpc) is 2.94. The van der Waals surface area contributed by atoms with Gasteiger partial charge in [-0.2, -0.15) is 0 Å². The first-order valence-electron chi connectivity index (χ1n) is 7.66. The van der Waals surface area contributed by atoms with Crippen LogP contribution in [0, 0.1) is 0 Å². The lowest BCUT2D eigenvalue weighted by molar-refractivity contribution is -0.121. The number of primary amides is 1. The minimum atomic E-state index is -3.87. The number of anilines is 2. The lowest BCUT2D eigenvalue weighted by Gasteiger charge is -2.14. The Morgan fingerprint density at radius 3 is 1.96 bits per heavy atom. The van der Waals surface area contributed by atoms with E-state index < -0.39 is 15.9 Å². The van der Waals surface area contributed by atoms with Crippen molar-refractivity contribution in [3.8, 4) is 0 Å². The van der Waals surface area contributed by atoms with E-state index in [1.54, 1.807) is 0 Å². The van der Waals surface area contributed by atoms with E-state index in [1.807, 2.05) is 0 Å². The molecule has 0 radical (unpaired) electrons.